The SMILES string of the molecule is Cc1ccc(C(=O)N2CCC(O)C(N3CCC(C(=O)c4ccc(F)cc4)CC3)C2)s1. The molecule has 0 saturated carbocycles. The molecule has 0 bridgehead atoms. The van der Waals surface area contributed by atoms with E-state index >= 15 is 0 Å². The van der Waals surface area contributed by atoms with Gasteiger partial charge in [0.15, 0.2) is 5.78 Å². The fraction of sp³-hybridized carbons (Fsp3) is 0.478. The Bertz CT molecular complexity index is 905. The van der Waals surface area contributed by atoms with Gasteiger partial charge in [-0.2, -0.15) is 0 Å². The van der Waals surface area contributed by atoms with Gasteiger partial charge in [0.2, 0.25) is 0 Å². The molecule has 1 aromatic heterocycles. The number of halogens is 1. The number of hydrogen-bond donors (Lipinski definition) is 1. The van der Waals surface area contributed by atoms with Crippen molar-refractivity contribution in [1.82, 2.24) is 9.80 Å². The molecule has 1 amide bonds. The molecule has 2 aliphatic heterocycles. The van der Waals surface area contributed by atoms with Gasteiger partial charge in [-0.05, 0) is 75.7 Å². The Morgan fingerprint density at radius 3 is 2.37 bits per heavy atom. The van der Waals surface area contributed by atoms with Crippen molar-refractivity contribution in [3.05, 3.63) is 57.5 Å². The first-order chi connectivity index (χ1) is 14.4. The van der Waals surface area contributed by atoms with Crippen LogP contribution in [-0.4, -0.2) is 64.9 Å². The number of amides is 1. The maximum atomic E-state index is 13.1. The standard InChI is InChI=1S/C23H27FN2O3S/c1-15-2-7-21(30-15)23(29)26-13-10-20(27)19(14-26)25-11-8-17(9-12-25)22(28)16-3-5-18(24)6-4-16/h2-7,17,19-20,27H,8-14H2,1H3. The van der Waals surface area contributed by atoms with Gasteiger partial charge in [-0.3, -0.25) is 14.5 Å². The molecule has 4 rings (SSSR count). The summed E-state index contributed by atoms with van der Waals surface area (Å²) in [6.07, 6.45) is 1.51. The summed E-state index contributed by atoms with van der Waals surface area (Å²) in [7, 11) is 0. The number of aryl methyl sites for hydroxylation is 1. The van der Waals surface area contributed by atoms with Crippen molar-refractivity contribution in [2.45, 2.75) is 38.3 Å². The smallest absolute Gasteiger partial charge is 0.263 e. The Morgan fingerprint density at radius 1 is 1.03 bits per heavy atom. The molecule has 2 saturated heterocycles. The lowest BCUT2D eigenvalue weighted by Gasteiger charge is -2.44. The van der Waals surface area contributed by atoms with Crippen LogP contribution in [0.1, 0.15) is 44.2 Å². The number of nitrogens with zero attached hydrogens (tertiary/aromatic N) is 2. The number of likely N-dealkylation sites (tertiary alicyclic amines) is 2. The molecular weight excluding hydrogens is 403 g/mol. The summed E-state index contributed by atoms with van der Waals surface area (Å²) in [4.78, 5) is 31.5. The van der Waals surface area contributed by atoms with Crippen LogP contribution in [0.25, 0.3) is 0 Å². The van der Waals surface area contributed by atoms with Crippen molar-refractivity contribution in [3.8, 4) is 0 Å². The van der Waals surface area contributed by atoms with Gasteiger partial charge in [0.05, 0.1) is 17.0 Å². The quantitative estimate of drug-likeness (QED) is 0.756. The fourth-order valence-electron chi connectivity index (χ4n) is 4.51. The molecule has 0 radical (unpaired) electrons. The van der Waals surface area contributed by atoms with Gasteiger partial charge in [0, 0.05) is 29.4 Å². The maximum absolute atomic E-state index is 13.1. The molecule has 7 heteroatoms. The van der Waals surface area contributed by atoms with E-state index in [9.17, 15) is 19.1 Å². The van der Waals surface area contributed by atoms with E-state index in [-0.39, 0.29) is 29.5 Å². The highest BCUT2D eigenvalue weighted by Gasteiger charge is 2.37. The first-order valence-electron chi connectivity index (χ1n) is 10.5. The summed E-state index contributed by atoms with van der Waals surface area (Å²) in [6, 6.07) is 9.45. The number of carbonyl (C=O) groups excluding carboxylic acids is 2. The van der Waals surface area contributed by atoms with E-state index in [4.69, 9.17) is 0 Å². The lowest BCUT2D eigenvalue weighted by molar-refractivity contribution is -0.0174. The molecule has 2 aromatic rings. The molecule has 2 unspecified atom stereocenters. The van der Waals surface area contributed by atoms with Crippen molar-refractivity contribution >= 4 is 23.0 Å². The monoisotopic (exact) mass is 430 g/mol. The molecule has 2 fully saturated rings. The van der Waals surface area contributed by atoms with Gasteiger partial charge in [-0.25, -0.2) is 4.39 Å². The van der Waals surface area contributed by atoms with Gasteiger partial charge >= 0.3 is 0 Å². The molecule has 5 nitrogen and oxygen atoms in total. The second-order valence-electron chi connectivity index (χ2n) is 8.27. The van der Waals surface area contributed by atoms with Crippen molar-refractivity contribution in [3.63, 3.8) is 0 Å². The van der Waals surface area contributed by atoms with Crippen LogP contribution < -0.4 is 0 Å². The van der Waals surface area contributed by atoms with Gasteiger partial charge in [0.1, 0.15) is 5.82 Å². The van der Waals surface area contributed by atoms with Crippen LogP contribution >= 0.6 is 11.3 Å². The second-order valence-corrected chi connectivity index (χ2v) is 9.55. The molecule has 2 atom stereocenters. The molecular formula is C23H27FN2O3S. The van der Waals surface area contributed by atoms with E-state index in [1.807, 2.05) is 24.0 Å². The zero-order valence-electron chi connectivity index (χ0n) is 17.1. The van der Waals surface area contributed by atoms with Crippen molar-refractivity contribution in [1.29, 1.82) is 0 Å². The lowest BCUT2D eigenvalue weighted by Crippen LogP contribution is -2.58. The molecule has 30 heavy (non-hydrogen) atoms. The zero-order chi connectivity index (χ0) is 21.3. The number of aliphatic hydroxyl groups excluding tert-OH is 1. The number of thiophene rings is 1. The average molecular weight is 431 g/mol. The first-order valence-corrected chi connectivity index (χ1v) is 11.3. The highest BCUT2D eigenvalue weighted by atomic mass is 32.1. The number of carbonyl (C=O) groups is 2. The van der Waals surface area contributed by atoms with Gasteiger partial charge < -0.3 is 10.0 Å². The topological polar surface area (TPSA) is 60.9 Å². The Labute approximate surface area is 180 Å². The molecule has 0 spiro atoms. The number of benzene rings is 1. The van der Waals surface area contributed by atoms with Crippen LogP contribution in [0.2, 0.25) is 0 Å². The Morgan fingerprint density at radius 2 is 1.73 bits per heavy atom. The molecule has 1 N–H and O–H groups in total. The number of piperidine rings is 2. The lowest BCUT2D eigenvalue weighted by atomic mass is 9.87. The highest BCUT2D eigenvalue weighted by Crippen LogP contribution is 2.27. The van der Waals surface area contributed by atoms with E-state index in [1.54, 1.807) is 12.1 Å². The summed E-state index contributed by atoms with van der Waals surface area (Å²) in [6.45, 7) is 4.47. The van der Waals surface area contributed by atoms with Gasteiger partial charge in [-0.15, -0.1) is 11.3 Å². The van der Waals surface area contributed by atoms with E-state index < -0.39 is 6.10 Å². The molecule has 160 valence electrons. The minimum Gasteiger partial charge on any atom is -0.391 e. The number of rotatable bonds is 4. The van der Waals surface area contributed by atoms with Crippen LogP contribution in [0.15, 0.2) is 36.4 Å². The highest BCUT2D eigenvalue weighted by molar-refractivity contribution is 7.13. The Balaban J connectivity index is 1.36. The van der Waals surface area contributed by atoms with Crippen LogP contribution in [0.4, 0.5) is 4.39 Å². The summed E-state index contributed by atoms with van der Waals surface area (Å²) < 4.78 is 13.1. The van der Waals surface area contributed by atoms with Crippen LogP contribution in [-0.2, 0) is 0 Å². The average Bonchev–Trinajstić information content (AvgIpc) is 3.20. The maximum Gasteiger partial charge on any atom is 0.263 e. The summed E-state index contributed by atoms with van der Waals surface area (Å²) in [5.74, 6) is -0.334. The third-order valence-electron chi connectivity index (χ3n) is 6.28. The normalized spacial score (nSPS) is 23.5. The van der Waals surface area contributed by atoms with Crippen molar-refractivity contribution in [2.24, 2.45) is 5.92 Å². The minimum atomic E-state index is -0.469. The van der Waals surface area contributed by atoms with Gasteiger partial charge in [0.25, 0.3) is 5.91 Å². The predicted molar refractivity (Wildman–Crippen MR) is 114 cm³/mol. The predicted octanol–water partition coefficient (Wildman–Crippen LogP) is 3.37. The van der Waals surface area contributed by atoms with Gasteiger partial charge in [-0.1, -0.05) is 0 Å². The number of hydrogen-bond acceptors (Lipinski definition) is 5. The number of ketones is 1. The van der Waals surface area contributed by atoms with E-state index in [0.717, 1.165) is 9.75 Å². The minimum absolute atomic E-state index is 0.0337. The van der Waals surface area contributed by atoms with E-state index in [2.05, 4.69) is 4.90 Å². The second kappa shape index (κ2) is 8.96. The third-order valence-corrected chi connectivity index (χ3v) is 7.27. The first kappa shape index (κ1) is 21.2. The van der Waals surface area contributed by atoms with Crippen LogP contribution in [0, 0.1) is 18.7 Å². The Hall–Kier alpha value is -2.09. The molecule has 2 aliphatic rings. The van der Waals surface area contributed by atoms with Crippen LogP contribution in [0.3, 0.4) is 0 Å². The summed E-state index contributed by atoms with van der Waals surface area (Å²) >= 11 is 1.50. The van der Waals surface area contributed by atoms with Crippen molar-refractivity contribution in [2.75, 3.05) is 26.2 Å². The largest absolute Gasteiger partial charge is 0.391 e. The van der Waals surface area contributed by atoms with E-state index in [0.29, 0.717) is 51.0 Å². The summed E-state index contributed by atoms with van der Waals surface area (Å²) in [5.41, 5.74) is 0.551. The third kappa shape index (κ3) is 4.48. The molecule has 3 heterocycles. The zero-order valence-corrected chi connectivity index (χ0v) is 17.9. The summed E-state index contributed by atoms with van der Waals surface area (Å²) in [5, 5.41) is 10.6. The number of Topliss-reactive ketones (excluding diaryl/α,β-unsaturated/α-hetero) is 1. The van der Waals surface area contributed by atoms with E-state index in [1.165, 1.54) is 23.5 Å². The Kier molecular flexibility index (Phi) is 6.32. The molecule has 1 aromatic carbocycles. The van der Waals surface area contributed by atoms with Crippen LogP contribution in [0.5, 0.6) is 0 Å². The number of aliphatic hydroxyl groups is 1. The van der Waals surface area contributed by atoms with Crippen molar-refractivity contribution < 1.29 is 19.1 Å². The molecule has 0 aliphatic carbocycles. The fourth-order valence-corrected chi connectivity index (χ4v) is 5.35.